The average molecular weight is 484 g/mol. The lowest BCUT2D eigenvalue weighted by Crippen LogP contribution is -2.54. The monoisotopic (exact) mass is 483 g/mol. The number of carbonyl (C=O) groups excluding carboxylic acids is 3. The Morgan fingerprint density at radius 3 is 2.58 bits per heavy atom. The van der Waals surface area contributed by atoms with E-state index in [1.807, 2.05) is 6.07 Å². The molecule has 3 rings (SSSR count). The van der Waals surface area contributed by atoms with Crippen LogP contribution < -0.4 is 15.0 Å². The first-order chi connectivity index (χ1) is 14.8. The van der Waals surface area contributed by atoms with E-state index in [0.29, 0.717) is 27.8 Å². The van der Waals surface area contributed by atoms with Gasteiger partial charge in [0.05, 0.1) is 10.2 Å². The van der Waals surface area contributed by atoms with Crippen molar-refractivity contribution in [2.75, 3.05) is 11.5 Å². The predicted octanol–water partition coefficient (Wildman–Crippen LogP) is 3.89. The van der Waals surface area contributed by atoms with Gasteiger partial charge in [-0.2, -0.15) is 5.26 Å². The van der Waals surface area contributed by atoms with Gasteiger partial charge in [-0.3, -0.25) is 14.9 Å². The third kappa shape index (κ3) is 4.70. The number of nitriles is 1. The Balaban J connectivity index is 2.03. The zero-order chi connectivity index (χ0) is 22.5. The number of benzene rings is 2. The van der Waals surface area contributed by atoms with E-state index in [1.165, 1.54) is 18.2 Å². The first-order valence-electron chi connectivity index (χ1n) is 8.95. The van der Waals surface area contributed by atoms with Crippen LogP contribution in [0.5, 0.6) is 5.75 Å². The molecule has 0 atom stereocenters. The lowest BCUT2D eigenvalue weighted by atomic mass is 10.0. The molecule has 9 heteroatoms. The number of halogens is 2. The van der Waals surface area contributed by atoms with Crippen molar-refractivity contribution in [3.05, 3.63) is 76.0 Å². The predicted molar refractivity (Wildman–Crippen MR) is 115 cm³/mol. The van der Waals surface area contributed by atoms with E-state index < -0.39 is 23.7 Å². The molecule has 7 nitrogen and oxygen atoms in total. The third-order valence-electron chi connectivity index (χ3n) is 4.29. The molecule has 1 fully saturated rings. The molecule has 0 unspecified atom stereocenters. The van der Waals surface area contributed by atoms with Gasteiger partial charge in [0.25, 0.3) is 11.8 Å². The Morgan fingerprint density at radius 2 is 1.94 bits per heavy atom. The largest absolute Gasteiger partial charge is 0.477 e. The van der Waals surface area contributed by atoms with E-state index in [-0.39, 0.29) is 17.9 Å². The zero-order valence-corrected chi connectivity index (χ0v) is 17.6. The summed E-state index contributed by atoms with van der Waals surface area (Å²) in [4.78, 5) is 38.3. The minimum atomic E-state index is -0.924. The normalized spacial score (nSPS) is 14.9. The van der Waals surface area contributed by atoms with Crippen molar-refractivity contribution >= 4 is 45.5 Å². The maximum atomic E-state index is 13.2. The second-order valence-corrected chi connectivity index (χ2v) is 7.22. The van der Waals surface area contributed by atoms with E-state index in [2.05, 4.69) is 27.8 Å². The minimum absolute atomic E-state index is 0.121. The fourth-order valence-corrected chi connectivity index (χ4v) is 3.61. The van der Waals surface area contributed by atoms with Gasteiger partial charge in [0, 0.05) is 0 Å². The second kappa shape index (κ2) is 9.36. The highest BCUT2D eigenvalue weighted by Gasteiger charge is 2.36. The van der Waals surface area contributed by atoms with Crippen LogP contribution in [0.4, 0.5) is 14.9 Å². The van der Waals surface area contributed by atoms with Crippen molar-refractivity contribution in [2.45, 2.75) is 6.42 Å². The third-order valence-corrected chi connectivity index (χ3v) is 4.87. The summed E-state index contributed by atoms with van der Waals surface area (Å²) in [5.74, 6) is -1.77. The molecule has 0 bridgehead atoms. The molecule has 0 aromatic heterocycles. The first kappa shape index (κ1) is 21.9. The molecule has 1 aliphatic rings. The summed E-state index contributed by atoms with van der Waals surface area (Å²) in [6.07, 6.45) is 3.40. The van der Waals surface area contributed by atoms with Crippen molar-refractivity contribution in [3.63, 3.8) is 0 Å². The van der Waals surface area contributed by atoms with Crippen LogP contribution in [-0.4, -0.2) is 24.5 Å². The highest BCUT2D eigenvalue weighted by Crippen LogP contribution is 2.33. The SMILES string of the molecule is C=CCc1cc(/C=C2\C(=O)NC(=O)N(c3ccc(F)cc3)C2=O)cc(Br)c1OCC#N. The van der Waals surface area contributed by atoms with Crippen molar-refractivity contribution < 1.29 is 23.5 Å². The van der Waals surface area contributed by atoms with E-state index >= 15 is 0 Å². The van der Waals surface area contributed by atoms with Gasteiger partial charge in [-0.1, -0.05) is 6.08 Å². The average Bonchev–Trinajstić information content (AvgIpc) is 2.72. The number of carbonyl (C=O) groups is 3. The lowest BCUT2D eigenvalue weighted by Gasteiger charge is -2.26. The minimum Gasteiger partial charge on any atom is -0.477 e. The Bertz CT molecular complexity index is 1150. The number of allylic oxidation sites excluding steroid dienone is 1. The van der Waals surface area contributed by atoms with Crippen molar-refractivity contribution in [1.29, 1.82) is 5.26 Å². The number of urea groups is 1. The number of rotatable bonds is 6. The van der Waals surface area contributed by atoms with Gasteiger partial charge in [-0.25, -0.2) is 14.1 Å². The molecule has 31 heavy (non-hydrogen) atoms. The van der Waals surface area contributed by atoms with Gasteiger partial charge in [-0.05, 0) is 76.0 Å². The van der Waals surface area contributed by atoms with Crippen LogP contribution in [0.25, 0.3) is 6.08 Å². The quantitative estimate of drug-likeness (QED) is 0.381. The van der Waals surface area contributed by atoms with Crippen molar-refractivity contribution in [1.82, 2.24) is 5.32 Å². The van der Waals surface area contributed by atoms with Crippen LogP contribution >= 0.6 is 15.9 Å². The fraction of sp³-hybridized carbons (Fsp3) is 0.0909. The van der Waals surface area contributed by atoms with Crippen LogP contribution in [0, 0.1) is 17.1 Å². The summed E-state index contributed by atoms with van der Waals surface area (Å²) < 4.78 is 19.2. The number of imide groups is 2. The Labute approximate surface area is 185 Å². The van der Waals surface area contributed by atoms with E-state index in [0.717, 1.165) is 17.0 Å². The maximum absolute atomic E-state index is 13.2. The molecule has 0 radical (unpaired) electrons. The lowest BCUT2D eigenvalue weighted by molar-refractivity contribution is -0.122. The Morgan fingerprint density at radius 1 is 1.23 bits per heavy atom. The number of barbiturate groups is 1. The number of hydrogen-bond donors (Lipinski definition) is 1. The number of nitrogens with one attached hydrogen (secondary N) is 1. The van der Waals surface area contributed by atoms with E-state index in [9.17, 15) is 18.8 Å². The molecule has 0 spiro atoms. The number of anilines is 1. The van der Waals surface area contributed by atoms with E-state index in [4.69, 9.17) is 10.00 Å². The molecule has 2 aromatic carbocycles. The molecule has 1 N–H and O–H groups in total. The van der Waals surface area contributed by atoms with Crippen LogP contribution in [0.1, 0.15) is 11.1 Å². The second-order valence-electron chi connectivity index (χ2n) is 6.36. The van der Waals surface area contributed by atoms with Crippen molar-refractivity contribution in [3.8, 4) is 11.8 Å². The standard InChI is InChI=1S/C22H15BrFN3O4/c1-2-3-14-10-13(12-18(23)19(14)31-9-8-25)11-17-20(28)26-22(30)27(21(17)29)16-6-4-15(24)5-7-16/h2,4-7,10-12H,1,3,9H2,(H,26,28,30)/b17-11+. The molecule has 156 valence electrons. The molecule has 1 aliphatic heterocycles. The smallest absolute Gasteiger partial charge is 0.335 e. The molecule has 2 aromatic rings. The molecule has 1 heterocycles. The topological polar surface area (TPSA) is 99.5 Å². The van der Waals surface area contributed by atoms with Gasteiger partial charge in [0.2, 0.25) is 0 Å². The van der Waals surface area contributed by atoms with Crippen molar-refractivity contribution in [2.24, 2.45) is 0 Å². The Hall–Kier alpha value is -3.77. The number of nitrogens with zero attached hydrogens (tertiary/aromatic N) is 2. The van der Waals surface area contributed by atoms with Crippen LogP contribution in [-0.2, 0) is 16.0 Å². The van der Waals surface area contributed by atoms with Crippen LogP contribution in [0.2, 0.25) is 0 Å². The highest BCUT2D eigenvalue weighted by atomic mass is 79.9. The highest BCUT2D eigenvalue weighted by molar-refractivity contribution is 9.10. The fourth-order valence-electron chi connectivity index (χ4n) is 2.98. The first-order valence-corrected chi connectivity index (χ1v) is 9.75. The number of hydrogen-bond acceptors (Lipinski definition) is 5. The summed E-state index contributed by atoms with van der Waals surface area (Å²) in [5.41, 5.74) is 1.02. The molecule has 0 saturated carbocycles. The van der Waals surface area contributed by atoms with Gasteiger partial charge >= 0.3 is 6.03 Å². The van der Waals surface area contributed by atoms with Gasteiger partial charge in [0.15, 0.2) is 6.61 Å². The molecular formula is C22H15BrFN3O4. The molecular weight excluding hydrogens is 469 g/mol. The summed E-state index contributed by atoms with van der Waals surface area (Å²) in [5, 5.41) is 10.9. The van der Waals surface area contributed by atoms with Crippen LogP contribution in [0.3, 0.4) is 0 Å². The maximum Gasteiger partial charge on any atom is 0.335 e. The summed E-state index contributed by atoms with van der Waals surface area (Å²) in [6, 6.07) is 9.01. The summed E-state index contributed by atoms with van der Waals surface area (Å²) in [7, 11) is 0. The van der Waals surface area contributed by atoms with E-state index in [1.54, 1.807) is 18.2 Å². The van der Waals surface area contributed by atoms with Gasteiger partial charge in [0.1, 0.15) is 23.2 Å². The summed E-state index contributed by atoms with van der Waals surface area (Å²) >= 11 is 3.37. The molecule has 0 aliphatic carbocycles. The molecule has 1 saturated heterocycles. The van der Waals surface area contributed by atoms with Gasteiger partial charge < -0.3 is 4.74 Å². The zero-order valence-electron chi connectivity index (χ0n) is 16.0. The summed E-state index contributed by atoms with van der Waals surface area (Å²) in [6.45, 7) is 3.54. The Kier molecular flexibility index (Phi) is 6.62. The van der Waals surface area contributed by atoms with Crippen LogP contribution in [0.15, 0.2) is 59.1 Å². The van der Waals surface area contributed by atoms with Gasteiger partial charge in [-0.15, -0.1) is 6.58 Å². The number of amides is 4. The number of ether oxygens (including phenoxy) is 1. The molecule has 4 amide bonds.